The highest BCUT2D eigenvalue weighted by molar-refractivity contribution is 8.00. The van der Waals surface area contributed by atoms with Crippen molar-refractivity contribution >= 4 is 11.8 Å². The molecule has 1 heterocycles. The third-order valence-electron chi connectivity index (χ3n) is 1.99. The highest BCUT2D eigenvalue weighted by Gasteiger charge is 2.36. The van der Waals surface area contributed by atoms with E-state index < -0.39 is 5.60 Å². The third kappa shape index (κ3) is 2.96. The molecule has 2 atom stereocenters. The Labute approximate surface area is 78.7 Å². The second-order valence-electron chi connectivity index (χ2n) is 3.91. The minimum atomic E-state index is -0.561. The summed E-state index contributed by atoms with van der Waals surface area (Å²) in [5, 5.41) is 10.5. The molecule has 0 radical (unpaired) electrons. The van der Waals surface area contributed by atoms with Crippen LogP contribution in [-0.4, -0.2) is 34.4 Å². The molecule has 0 saturated carbocycles. The van der Waals surface area contributed by atoms with E-state index in [1.807, 2.05) is 25.6 Å². The van der Waals surface area contributed by atoms with Crippen LogP contribution >= 0.6 is 11.8 Å². The smallest absolute Gasteiger partial charge is 0.0980 e. The standard InChI is InChI=1S/C9H18O2S/c1-7(2)11-5-9(10)4-8(3)12-6-9/h7-8,10H,4-6H2,1-3H3. The Kier molecular flexibility index (Phi) is 3.44. The van der Waals surface area contributed by atoms with Crippen LogP contribution in [0.1, 0.15) is 27.2 Å². The molecular weight excluding hydrogens is 172 g/mol. The van der Waals surface area contributed by atoms with Crippen molar-refractivity contribution in [3.63, 3.8) is 0 Å². The average molecular weight is 190 g/mol. The molecule has 0 aromatic rings. The van der Waals surface area contributed by atoms with Crippen molar-refractivity contribution < 1.29 is 9.84 Å². The normalized spacial score (nSPS) is 36.2. The lowest BCUT2D eigenvalue weighted by molar-refractivity contribution is -0.0505. The van der Waals surface area contributed by atoms with E-state index in [0.717, 1.165) is 12.2 Å². The minimum absolute atomic E-state index is 0.218. The van der Waals surface area contributed by atoms with Crippen LogP contribution in [0.25, 0.3) is 0 Å². The van der Waals surface area contributed by atoms with Crippen molar-refractivity contribution in [3.8, 4) is 0 Å². The molecule has 12 heavy (non-hydrogen) atoms. The van der Waals surface area contributed by atoms with E-state index in [2.05, 4.69) is 6.92 Å². The van der Waals surface area contributed by atoms with Gasteiger partial charge >= 0.3 is 0 Å². The molecule has 1 rings (SSSR count). The topological polar surface area (TPSA) is 29.5 Å². The summed E-state index contributed by atoms with van der Waals surface area (Å²) in [6, 6.07) is 0. The van der Waals surface area contributed by atoms with E-state index in [1.165, 1.54) is 0 Å². The van der Waals surface area contributed by atoms with Crippen LogP contribution in [0.15, 0.2) is 0 Å². The molecule has 0 bridgehead atoms. The molecule has 0 aliphatic carbocycles. The first-order valence-corrected chi connectivity index (χ1v) is 5.52. The maximum atomic E-state index is 9.96. The molecule has 1 aliphatic heterocycles. The Morgan fingerprint density at radius 1 is 1.67 bits per heavy atom. The molecule has 1 aliphatic rings. The van der Waals surface area contributed by atoms with E-state index in [9.17, 15) is 5.11 Å². The van der Waals surface area contributed by atoms with Gasteiger partial charge in [-0.05, 0) is 20.3 Å². The fourth-order valence-electron chi connectivity index (χ4n) is 1.37. The van der Waals surface area contributed by atoms with Gasteiger partial charge in [-0.25, -0.2) is 0 Å². The lowest BCUT2D eigenvalue weighted by atomic mass is 10.0. The highest BCUT2D eigenvalue weighted by Crippen LogP contribution is 2.34. The summed E-state index contributed by atoms with van der Waals surface area (Å²) in [6.07, 6.45) is 1.08. The summed E-state index contributed by atoms with van der Waals surface area (Å²) in [5.41, 5.74) is -0.561. The van der Waals surface area contributed by atoms with E-state index in [-0.39, 0.29) is 6.10 Å². The van der Waals surface area contributed by atoms with Gasteiger partial charge in [-0.3, -0.25) is 0 Å². The lowest BCUT2D eigenvalue weighted by Crippen LogP contribution is -2.35. The SMILES string of the molecule is CC(C)OCC1(O)CSC(C)C1. The van der Waals surface area contributed by atoms with E-state index in [1.54, 1.807) is 0 Å². The van der Waals surface area contributed by atoms with Gasteiger partial charge < -0.3 is 9.84 Å². The zero-order chi connectivity index (χ0) is 9.19. The number of hydrogen-bond donors (Lipinski definition) is 1. The molecule has 2 unspecified atom stereocenters. The van der Waals surface area contributed by atoms with E-state index in [0.29, 0.717) is 11.9 Å². The van der Waals surface area contributed by atoms with Gasteiger partial charge in [0.25, 0.3) is 0 Å². The molecule has 0 spiro atoms. The van der Waals surface area contributed by atoms with E-state index in [4.69, 9.17) is 4.74 Å². The zero-order valence-corrected chi connectivity index (χ0v) is 8.86. The second-order valence-corrected chi connectivity index (χ2v) is 5.34. The summed E-state index contributed by atoms with van der Waals surface area (Å²) in [4.78, 5) is 0. The predicted octanol–water partition coefficient (Wildman–Crippen LogP) is 1.67. The van der Waals surface area contributed by atoms with Gasteiger partial charge in [-0.2, -0.15) is 11.8 Å². The molecule has 1 fully saturated rings. The van der Waals surface area contributed by atoms with Crippen LogP contribution in [0.4, 0.5) is 0 Å². The quantitative estimate of drug-likeness (QED) is 0.734. The van der Waals surface area contributed by atoms with Crippen LogP contribution in [0, 0.1) is 0 Å². The average Bonchev–Trinajstić information content (AvgIpc) is 2.29. The molecule has 72 valence electrons. The van der Waals surface area contributed by atoms with Gasteiger partial charge in [0.05, 0.1) is 18.3 Å². The van der Waals surface area contributed by atoms with Gasteiger partial charge in [-0.1, -0.05) is 6.92 Å². The van der Waals surface area contributed by atoms with Crippen molar-refractivity contribution in [1.29, 1.82) is 0 Å². The highest BCUT2D eigenvalue weighted by atomic mass is 32.2. The maximum absolute atomic E-state index is 9.96. The second kappa shape index (κ2) is 3.99. The van der Waals surface area contributed by atoms with Crippen molar-refractivity contribution in [3.05, 3.63) is 0 Å². The Bertz CT molecular complexity index is 149. The molecule has 0 aromatic carbocycles. The van der Waals surface area contributed by atoms with E-state index >= 15 is 0 Å². The molecule has 1 saturated heterocycles. The molecule has 3 heteroatoms. The van der Waals surface area contributed by atoms with Gasteiger partial charge in [-0.15, -0.1) is 0 Å². The molecule has 2 nitrogen and oxygen atoms in total. The number of aliphatic hydroxyl groups is 1. The lowest BCUT2D eigenvalue weighted by Gasteiger charge is -2.22. The summed E-state index contributed by atoms with van der Waals surface area (Å²) in [7, 11) is 0. The molecular formula is C9H18O2S. The van der Waals surface area contributed by atoms with Crippen molar-refractivity contribution in [1.82, 2.24) is 0 Å². The van der Waals surface area contributed by atoms with Crippen LogP contribution < -0.4 is 0 Å². The zero-order valence-electron chi connectivity index (χ0n) is 8.04. The summed E-state index contributed by atoms with van der Waals surface area (Å²) in [5.74, 6) is 0.820. The summed E-state index contributed by atoms with van der Waals surface area (Å²) < 4.78 is 5.41. The van der Waals surface area contributed by atoms with Crippen LogP contribution in [-0.2, 0) is 4.74 Å². The molecule has 0 amide bonds. The fraction of sp³-hybridized carbons (Fsp3) is 1.00. The number of hydrogen-bond acceptors (Lipinski definition) is 3. The first-order valence-electron chi connectivity index (χ1n) is 4.47. The van der Waals surface area contributed by atoms with Gasteiger partial charge in [0.2, 0.25) is 0 Å². The van der Waals surface area contributed by atoms with Crippen molar-refractivity contribution in [2.24, 2.45) is 0 Å². The van der Waals surface area contributed by atoms with Gasteiger partial charge in [0.1, 0.15) is 0 Å². The van der Waals surface area contributed by atoms with Crippen LogP contribution in [0.3, 0.4) is 0 Å². The number of ether oxygens (including phenoxy) is 1. The molecule has 0 aromatic heterocycles. The monoisotopic (exact) mass is 190 g/mol. The maximum Gasteiger partial charge on any atom is 0.0980 e. The third-order valence-corrected chi connectivity index (χ3v) is 3.43. The predicted molar refractivity (Wildman–Crippen MR) is 52.6 cm³/mol. The van der Waals surface area contributed by atoms with Crippen molar-refractivity contribution in [2.45, 2.75) is 44.1 Å². The first-order chi connectivity index (χ1) is 5.52. The largest absolute Gasteiger partial charge is 0.387 e. The Hall–Kier alpha value is 0.270. The minimum Gasteiger partial charge on any atom is -0.387 e. The Balaban J connectivity index is 2.30. The van der Waals surface area contributed by atoms with Crippen LogP contribution in [0.5, 0.6) is 0 Å². The summed E-state index contributed by atoms with van der Waals surface area (Å²) >= 11 is 1.83. The Morgan fingerprint density at radius 3 is 2.75 bits per heavy atom. The van der Waals surface area contributed by atoms with Crippen LogP contribution in [0.2, 0.25) is 0 Å². The Morgan fingerprint density at radius 2 is 2.33 bits per heavy atom. The number of thioether (sulfide) groups is 1. The van der Waals surface area contributed by atoms with Gasteiger partial charge in [0.15, 0.2) is 0 Å². The fourth-order valence-corrected chi connectivity index (χ4v) is 2.60. The first kappa shape index (κ1) is 10.4. The van der Waals surface area contributed by atoms with Gasteiger partial charge in [0, 0.05) is 11.0 Å². The summed E-state index contributed by atoms with van der Waals surface area (Å²) in [6.45, 7) is 6.63. The molecule has 1 N–H and O–H groups in total. The van der Waals surface area contributed by atoms with Crippen molar-refractivity contribution in [2.75, 3.05) is 12.4 Å². The number of rotatable bonds is 3.